The highest BCUT2D eigenvalue weighted by molar-refractivity contribution is 9.10. The highest BCUT2D eigenvalue weighted by Crippen LogP contribution is 2.39. The number of halogens is 1. The van der Waals surface area contributed by atoms with E-state index in [1.54, 1.807) is 4.90 Å². The zero-order chi connectivity index (χ0) is 15.8. The molecule has 1 aromatic rings. The molecule has 1 aromatic carbocycles. The monoisotopic (exact) mass is 354 g/mol. The number of nitrogens with two attached hydrogens (primary N) is 1. The van der Waals surface area contributed by atoms with E-state index in [0.717, 1.165) is 16.5 Å². The van der Waals surface area contributed by atoms with Crippen molar-refractivity contribution in [2.75, 3.05) is 12.3 Å². The molecule has 21 heavy (non-hydrogen) atoms. The van der Waals surface area contributed by atoms with Crippen molar-refractivity contribution < 1.29 is 9.53 Å². The number of hydrogen-bond acceptors (Lipinski definition) is 3. The van der Waals surface area contributed by atoms with Crippen LogP contribution in [0.5, 0.6) is 0 Å². The van der Waals surface area contributed by atoms with Gasteiger partial charge in [-0.25, -0.2) is 4.79 Å². The SMILES string of the molecule is C[C@H]1C[C@@H](c2ccc(Br)cc2N)N(C(=O)OC(C)(C)C)C1. The van der Waals surface area contributed by atoms with Crippen LogP contribution in [0, 0.1) is 5.92 Å². The Morgan fingerprint density at radius 1 is 1.43 bits per heavy atom. The van der Waals surface area contributed by atoms with Gasteiger partial charge in [0.05, 0.1) is 6.04 Å². The maximum absolute atomic E-state index is 12.4. The summed E-state index contributed by atoms with van der Waals surface area (Å²) < 4.78 is 6.47. The Balaban J connectivity index is 2.26. The third-order valence-electron chi connectivity index (χ3n) is 3.55. The highest BCUT2D eigenvalue weighted by Gasteiger charge is 2.37. The quantitative estimate of drug-likeness (QED) is 0.762. The molecule has 1 heterocycles. The summed E-state index contributed by atoms with van der Waals surface area (Å²) in [6, 6.07) is 5.82. The molecule has 116 valence electrons. The van der Waals surface area contributed by atoms with Crippen LogP contribution < -0.4 is 5.73 Å². The fraction of sp³-hybridized carbons (Fsp3) is 0.562. The van der Waals surface area contributed by atoms with Gasteiger partial charge in [-0.3, -0.25) is 0 Å². The smallest absolute Gasteiger partial charge is 0.410 e. The minimum absolute atomic E-state index is 0.0112. The van der Waals surface area contributed by atoms with Gasteiger partial charge in [-0.1, -0.05) is 28.9 Å². The molecule has 0 radical (unpaired) electrons. The number of carbonyl (C=O) groups is 1. The number of likely N-dealkylation sites (tertiary alicyclic amines) is 1. The van der Waals surface area contributed by atoms with Gasteiger partial charge in [0.1, 0.15) is 5.60 Å². The molecule has 1 aliphatic heterocycles. The molecule has 1 saturated heterocycles. The summed E-state index contributed by atoms with van der Waals surface area (Å²) >= 11 is 3.42. The first-order valence-electron chi connectivity index (χ1n) is 7.22. The van der Waals surface area contributed by atoms with Gasteiger partial charge >= 0.3 is 6.09 Å². The Labute approximate surface area is 134 Å². The van der Waals surface area contributed by atoms with E-state index in [4.69, 9.17) is 10.5 Å². The lowest BCUT2D eigenvalue weighted by molar-refractivity contribution is 0.0221. The van der Waals surface area contributed by atoms with Crippen molar-refractivity contribution >= 4 is 27.7 Å². The number of carbonyl (C=O) groups excluding carboxylic acids is 1. The lowest BCUT2D eigenvalue weighted by Gasteiger charge is -2.29. The van der Waals surface area contributed by atoms with Crippen molar-refractivity contribution in [2.24, 2.45) is 5.92 Å². The number of amides is 1. The van der Waals surface area contributed by atoms with Gasteiger partial charge in [-0.15, -0.1) is 0 Å². The molecule has 1 fully saturated rings. The van der Waals surface area contributed by atoms with Gasteiger partial charge in [0, 0.05) is 16.7 Å². The summed E-state index contributed by atoms with van der Waals surface area (Å²) in [4.78, 5) is 14.2. The molecule has 2 rings (SSSR count). The Morgan fingerprint density at radius 3 is 2.67 bits per heavy atom. The van der Waals surface area contributed by atoms with E-state index in [-0.39, 0.29) is 12.1 Å². The fourth-order valence-corrected chi connectivity index (χ4v) is 3.09. The van der Waals surface area contributed by atoms with E-state index in [2.05, 4.69) is 22.9 Å². The van der Waals surface area contributed by atoms with Crippen LogP contribution >= 0.6 is 15.9 Å². The maximum atomic E-state index is 12.4. The molecular formula is C16H23BrN2O2. The van der Waals surface area contributed by atoms with Crippen LogP contribution in [0.3, 0.4) is 0 Å². The molecule has 1 aliphatic rings. The maximum Gasteiger partial charge on any atom is 0.410 e. The molecule has 0 bridgehead atoms. The number of rotatable bonds is 1. The van der Waals surface area contributed by atoms with Crippen LogP contribution in [0.15, 0.2) is 22.7 Å². The summed E-state index contributed by atoms with van der Waals surface area (Å²) in [5, 5.41) is 0. The second-order valence-electron chi connectivity index (χ2n) is 6.76. The Kier molecular flexibility index (Phi) is 4.51. The molecule has 5 heteroatoms. The van der Waals surface area contributed by atoms with Crippen LogP contribution in [0.1, 0.15) is 45.7 Å². The topological polar surface area (TPSA) is 55.6 Å². The average molecular weight is 355 g/mol. The largest absolute Gasteiger partial charge is 0.444 e. The highest BCUT2D eigenvalue weighted by atomic mass is 79.9. The van der Waals surface area contributed by atoms with Gasteiger partial charge in [-0.2, -0.15) is 0 Å². The summed E-state index contributed by atoms with van der Waals surface area (Å²) in [6.45, 7) is 8.50. The van der Waals surface area contributed by atoms with E-state index >= 15 is 0 Å². The number of benzene rings is 1. The lowest BCUT2D eigenvalue weighted by atomic mass is 9.99. The Morgan fingerprint density at radius 2 is 2.10 bits per heavy atom. The Hall–Kier alpha value is -1.23. The van der Waals surface area contributed by atoms with Gasteiger partial charge in [0.15, 0.2) is 0 Å². The fourth-order valence-electron chi connectivity index (χ4n) is 2.71. The first-order valence-corrected chi connectivity index (χ1v) is 8.01. The van der Waals surface area contributed by atoms with E-state index in [0.29, 0.717) is 18.2 Å². The van der Waals surface area contributed by atoms with Crippen LogP contribution in [0.2, 0.25) is 0 Å². The third kappa shape index (κ3) is 3.90. The molecule has 2 atom stereocenters. The molecular weight excluding hydrogens is 332 g/mol. The molecule has 4 nitrogen and oxygen atoms in total. The van der Waals surface area contributed by atoms with Crippen LogP contribution in [-0.4, -0.2) is 23.1 Å². The van der Waals surface area contributed by atoms with E-state index in [9.17, 15) is 4.79 Å². The van der Waals surface area contributed by atoms with Gasteiger partial charge in [0.2, 0.25) is 0 Å². The lowest BCUT2D eigenvalue weighted by Crippen LogP contribution is -2.36. The second kappa shape index (κ2) is 5.87. The minimum Gasteiger partial charge on any atom is -0.444 e. The molecule has 0 aliphatic carbocycles. The molecule has 0 aromatic heterocycles. The average Bonchev–Trinajstić information content (AvgIpc) is 2.69. The van der Waals surface area contributed by atoms with Crippen molar-refractivity contribution in [1.82, 2.24) is 4.90 Å². The number of ether oxygens (including phenoxy) is 1. The van der Waals surface area contributed by atoms with Crippen LogP contribution in [0.25, 0.3) is 0 Å². The summed E-state index contributed by atoms with van der Waals surface area (Å²) in [7, 11) is 0. The van der Waals surface area contributed by atoms with E-state index in [1.807, 2.05) is 39.0 Å². The standard InChI is InChI=1S/C16H23BrN2O2/c1-10-7-14(12-6-5-11(17)8-13(12)18)19(9-10)15(20)21-16(2,3)4/h5-6,8,10,14H,7,9,18H2,1-4H3/t10-,14-/m0/s1. The van der Waals surface area contributed by atoms with Crippen molar-refractivity contribution in [3.05, 3.63) is 28.2 Å². The first-order chi connectivity index (χ1) is 9.67. The third-order valence-corrected chi connectivity index (χ3v) is 4.04. The predicted octanol–water partition coefficient (Wildman–Crippen LogP) is 4.35. The molecule has 1 amide bonds. The normalized spacial score (nSPS) is 22.4. The summed E-state index contributed by atoms with van der Waals surface area (Å²) in [5.41, 5.74) is 7.34. The van der Waals surface area contributed by atoms with Crippen molar-refractivity contribution in [3.63, 3.8) is 0 Å². The number of nitrogens with zero attached hydrogens (tertiary/aromatic N) is 1. The summed E-state index contributed by atoms with van der Waals surface area (Å²) in [5.74, 6) is 0.436. The van der Waals surface area contributed by atoms with Gasteiger partial charge < -0.3 is 15.4 Å². The van der Waals surface area contributed by atoms with Crippen molar-refractivity contribution in [2.45, 2.75) is 45.8 Å². The first kappa shape index (κ1) is 16.1. The summed E-state index contributed by atoms with van der Waals surface area (Å²) in [6.07, 6.45) is 0.643. The molecule has 2 N–H and O–H groups in total. The number of nitrogen functional groups attached to an aromatic ring is 1. The molecule has 0 saturated carbocycles. The second-order valence-corrected chi connectivity index (χ2v) is 7.68. The molecule has 0 unspecified atom stereocenters. The minimum atomic E-state index is -0.487. The zero-order valence-electron chi connectivity index (χ0n) is 13.0. The van der Waals surface area contributed by atoms with E-state index in [1.165, 1.54) is 0 Å². The van der Waals surface area contributed by atoms with Gasteiger partial charge in [-0.05, 0) is 50.8 Å². The van der Waals surface area contributed by atoms with Gasteiger partial charge in [0.25, 0.3) is 0 Å². The number of anilines is 1. The molecule has 0 spiro atoms. The number of hydrogen-bond donors (Lipinski definition) is 1. The zero-order valence-corrected chi connectivity index (χ0v) is 14.6. The van der Waals surface area contributed by atoms with Crippen molar-refractivity contribution in [1.29, 1.82) is 0 Å². The Bertz CT molecular complexity index is 540. The van der Waals surface area contributed by atoms with Crippen molar-refractivity contribution in [3.8, 4) is 0 Å². The van der Waals surface area contributed by atoms with Crippen LogP contribution in [0.4, 0.5) is 10.5 Å². The predicted molar refractivity (Wildman–Crippen MR) is 88.0 cm³/mol. The van der Waals surface area contributed by atoms with E-state index < -0.39 is 5.60 Å². The van der Waals surface area contributed by atoms with Crippen LogP contribution in [-0.2, 0) is 4.74 Å².